The first kappa shape index (κ1) is 8.55. The summed E-state index contributed by atoms with van der Waals surface area (Å²) in [6.07, 6.45) is 0.879. The predicted molar refractivity (Wildman–Crippen MR) is 48.0 cm³/mol. The van der Waals surface area contributed by atoms with Crippen LogP contribution in [0.1, 0.15) is 0 Å². The number of nitrogens with zero attached hydrogens (tertiary/aromatic N) is 1. The van der Waals surface area contributed by atoms with E-state index in [9.17, 15) is 14.4 Å². The van der Waals surface area contributed by atoms with E-state index in [1.807, 2.05) is 0 Å². The zero-order chi connectivity index (χ0) is 10.3. The van der Waals surface area contributed by atoms with Gasteiger partial charge in [0.2, 0.25) is 0 Å². The number of pyridine rings is 1. The molecule has 0 atom stereocenters. The molecule has 0 saturated heterocycles. The Morgan fingerprint density at radius 1 is 1.21 bits per heavy atom. The van der Waals surface area contributed by atoms with Crippen molar-refractivity contribution in [1.29, 1.82) is 0 Å². The third kappa shape index (κ3) is 1.02. The molecule has 0 aliphatic rings. The standard InChI is InChI=1S/C9H6FNO3/c10-11-4-3-6(12)5-1-2-7(13)9(14)8(5)11/h1-4,13-14H. The molecule has 1 aromatic carbocycles. The lowest BCUT2D eigenvalue weighted by atomic mass is 10.2. The number of hydrogen-bond donors (Lipinski definition) is 2. The fourth-order valence-electron chi connectivity index (χ4n) is 1.28. The molecule has 0 aliphatic heterocycles. The van der Waals surface area contributed by atoms with Gasteiger partial charge in [-0.05, 0) is 12.1 Å². The van der Waals surface area contributed by atoms with Crippen molar-refractivity contribution in [2.45, 2.75) is 0 Å². The quantitative estimate of drug-likeness (QED) is 0.619. The van der Waals surface area contributed by atoms with E-state index in [1.54, 1.807) is 0 Å². The zero-order valence-corrected chi connectivity index (χ0v) is 6.94. The molecule has 0 unspecified atom stereocenters. The van der Waals surface area contributed by atoms with Gasteiger partial charge in [-0.25, -0.2) is 0 Å². The van der Waals surface area contributed by atoms with E-state index >= 15 is 0 Å². The Labute approximate surface area is 77.4 Å². The maximum atomic E-state index is 13.1. The van der Waals surface area contributed by atoms with Gasteiger partial charge in [-0.1, -0.05) is 4.48 Å². The number of phenolic OH excluding ortho intramolecular Hbond substituents is 2. The highest BCUT2D eigenvalue weighted by Crippen LogP contribution is 2.31. The van der Waals surface area contributed by atoms with Crippen LogP contribution in [-0.2, 0) is 0 Å². The zero-order valence-electron chi connectivity index (χ0n) is 6.94. The highest BCUT2D eigenvalue weighted by atomic mass is 19.2. The SMILES string of the molecule is O=c1ccn(F)c2c(O)c(O)ccc12. The monoisotopic (exact) mass is 195 g/mol. The maximum absolute atomic E-state index is 13.1. The summed E-state index contributed by atoms with van der Waals surface area (Å²) in [5.74, 6) is -1.10. The summed E-state index contributed by atoms with van der Waals surface area (Å²) in [4.78, 5) is 11.3. The number of halogens is 1. The second-order valence-corrected chi connectivity index (χ2v) is 2.82. The number of benzene rings is 1. The molecule has 2 aromatic rings. The number of aromatic nitrogens is 1. The van der Waals surface area contributed by atoms with E-state index in [-0.39, 0.29) is 15.7 Å². The van der Waals surface area contributed by atoms with Gasteiger partial charge in [0.25, 0.3) is 0 Å². The second-order valence-electron chi connectivity index (χ2n) is 2.82. The lowest BCUT2D eigenvalue weighted by Gasteiger charge is -2.04. The van der Waals surface area contributed by atoms with Crippen molar-refractivity contribution in [2.24, 2.45) is 0 Å². The summed E-state index contributed by atoms with van der Waals surface area (Å²) < 4.78 is 13.1. The van der Waals surface area contributed by atoms with Gasteiger partial charge in [0, 0.05) is 12.3 Å². The summed E-state index contributed by atoms with van der Waals surface area (Å²) in [6, 6.07) is 3.43. The van der Waals surface area contributed by atoms with Crippen molar-refractivity contribution in [3.8, 4) is 11.5 Å². The molecule has 0 spiro atoms. The highest BCUT2D eigenvalue weighted by molar-refractivity contribution is 5.86. The smallest absolute Gasteiger partial charge is 0.189 e. The minimum atomic E-state index is -0.636. The molecule has 1 aromatic heterocycles. The molecule has 72 valence electrons. The van der Waals surface area contributed by atoms with E-state index < -0.39 is 16.9 Å². The van der Waals surface area contributed by atoms with Crippen LogP contribution in [0, 0.1) is 0 Å². The summed E-state index contributed by atoms with van der Waals surface area (Å²) in [5, 5.41) is 18.4. The van der Waals surface area contributed by atoms with Crippen LogP contribution in [0.4, 0.5) is 4.48 Å². The lowest BCUT2D eigenvalue weighted by molar-refractivity contribution is 0.367. The first-order valence-electron chi connectivity index (χ1n) is 3.83. The van der Waals surface area contributed by atoms with Gasteiger partial charge in [0.05, 0.1) is 5.39 Å². The molecule has 0 radical (unpaired) electrons. The Hall–Kier alpha value is -2.04. The van der Waals surface area contributed by atoms with Crippen molar-refractivity contribution in [3.63, 3.8) is 0 Å². The largest absolute Gasteiger partial charge is 0.504 e. The number of fused-ring (bicyclic) bond motifs is 1. The number of hydrogen-bond acceptors (Lipinski definition) is 3. The third-order valence-corrected chi connectivity index (χ3v) is 1.97. The van der Waals surface area contributed by atoms with Gasteiger partial charge in [-0.15, -0.1) is 0 Å². The molecule has 0 aliphatic carbocycles. The third-order valence-electron chi connectivity index (χ3n) is 1.97. The number of phenols is 2. The molecular weight excluding hydrogens is 189 g/mol. The van der Waals surface area contributed by atoms with E-state index in [2.05, 4.69) is 0 Å². The van der Waals surface area contributed by atoms with Crippen LogP contribution >= 0.6 is 0 Å². The fraction of sp³-hybridized carbons (Fsp3) is 0. The van der Waals surface area contributed by atoms with Gasteiger partial charge < -0.3 is 10.2 Å². The maximum Gasteiger partial charge on any atom is 0.189 e. The Kier molecular flexibility index (Phi) is 1.67. The second kappa shape index (κ2) is 2.73. The van der Waals surface area contributed by atoms with Crippen molar-refractivity contribution in [1.82, 2.24) is 4.79 Å². The number of aromatic hydroxyl groups is 2. The molecular formula is C9H6FNO3. The van der Waals surface area contributed by atoms with Crippen molar-refractivity contribution < 1.29 is 14.7 Å². The average molecular weight is 195 g/mol. The minimum absolute atomic E-state index is 0.0188. The van der Waals surface area contributed by atoms with E-state index in [4.69, 9.17) is 5.11 Å². The van der Waals surface area contributed by atoms with Crippen LogP contribution in [0.3, 0.4) is 0 Å². The molecule has 4 nitrogen and oxygen atoms in total. The summed E-state index contributed by atoms with van der Waals surface area (Å²) in [7, 11) is 0. The molecule has 2 rings (SSSR count). The topological polar surface area (TPSA) is 62.5 Å². The van der Waals surface area contributed by atoms with Crippen LogP contribution in [0.5, 0.6) is 11.5 Å². The fourth-order valence-corrected chi connectivity index (χ4v) is 1.28. The molecule has 0 saturated carbocycles. The van der Waals surface area contributed by atoms with Gasteiger partial charge in [0.15, 0.2) is 16.9 Å². The lowest BCUT2D eigenvalue weighted by Crippen LogP contribution is -2.03. The highest BCUT2D eigenvalue weighted by Gasteiger charge is 2.10. The molecule has 5 heteroatoms. The first-order chi connectivity index (χ1) is 6.61. The first-order valence-corrected chi connectivity index (χ1v) is 3.83. The summed E-state index contributed by atoms with van der Waals surface area (Å²) >= 11 is 0. The predicted octanol–water partition coefficient (Wildman–Crippen LogP) is 1.15. The summed E-state index contributed by atoms with van der Waals surface area (Å²) in [6.45, 7) is 0. The van der Waals surface area contributed by atoms with Crippen molar-refractivity contribution in [2.75, 3.05) is 0 Å². The summed E-state index contributed by atoms with van der Waals surface area (Å²) in [5.41, 5.74) is -0.735. The van der Waals surface area contributed by atoms with Gasteiger partial charge >= 0.3 is 0 Å². The van der Waals surface area contributed by atoms with Crippen molar-refractivity contribution in [3.05, 3.63) is 34.6 Å². The van der Waals surface area contributed by atoms with E-state index in [0.717, 1.165) is 18.3 Å². The van der Waals surface area contributed by atoms with Gasteiger partial charge in [-0.3, -0.25) is 4.79 Å². The van der Waals surface area contributed by atoms with Gasteiger partial charge in [0.1, 0.15) is 5.52 Å². The molecule has 1 heterocycles. The van der Waals surface area contributed by atoms with Crippen molar-refractivity contribution >= 4 is 10.9 Å². The normalized spacial score (nSPS) is 10.6. The van der Waals surface area contributed by atoms with E-state index in [1.165, 1.54) is 6.07 Å². The van der Waals surface area contributed by atoms with Crippen LogP contribution < -0.4 is 5.43 Å². The van der Waals surface area contributed by atoms with Crippen LogP contribution in [0.25, 0.3) is 10.9 Å². The molecule has 14 heavy (non-hydrogen) atoms. The van der Waals surface area contributed by atoms with Crippen LogP contribution in [0.15, 0.2) is 29.2 Å². The Balaban J connectivity index is 3.09. The van der Waals surface area contributed by atoms with E-state index in [0.29, 0.717) is 0 Å². The molecule has 2 N–H and O–H groups in total. The van der Waals surface area contributed by atoms with Crippen LogP contribution in [0.2, 0.25) is 0 Å². The number of rotatable bonds is 0. The Bertz CT molecular complexity index is 562. The molecule has 0 bridgehead atoms. The molecule has 0 fully saturated rings. The Morgan fingerprint density at radius 2 is 1.93 bits per heavy atom. The minimum Gasteiger partial charge on any atom is -0.504 e. The van der Waals surface area contributed by atoms with Crippen LogP contribution in [-0.4, -0.2) is 15.0 Å². The van der Waals surface area contributed by atoms with Gasteiger partial charge in [-0.2, -0.15) is 4.79 Å². The molecule has 0 amide bonds. The Morgan fingerprint density at radius 3 is 2.64 bits per heavy atom. The average Bonchev–Trinajstić information content (AvgIpc) is 2.16.